The molecule has 2 heterocycles. The Morgan fingerprint density at radius 3 is 2.35 bits per heavy atom. The molecule has 2 rings (SSSR count). The van der Waals surface area contributed by atoms with Crippen LogP contribution < -0.4 is 0 Å². The summed E-state index contributed by atoms with van der Waals surface area (Å²) in [7, 11) is 0. The van der Waals surface area contributed by atoms with Crippen LogP contribution in [0.1, 0.15) is 30.4 Å². The summed E-state index contributed by atoms with van der Waals surface area (Å²) in [6.45, 7) is 7.98. The number of nitrogens with zero attached hydrogens (tertiary/aromatic N) is 5. The van der Waals surface area contributed by atoms with Gasteiger partial charge in [-0.05, 0) is 43.1 Å². The van der Waals surface area contributed by atoms with Crippen molar-refractivity contribution in [3.63, 3.8) is 0 Å². The predicted molar refractivity (Wildman–Crippen MR) is 78.2 cm³/mol. The van der Waals surface area contributed by atoms with Crippen molar-refractivity contribution in [2.45, 2.75) is 40.7 Å². The summed E-state index contributed by atoms with van der Waals surface area (Å²) >= 11 is 3.45. The normalized spacial score (nSPS) is 11.1. The Hall–Kier alpha value is -1.70. The zero-order chi connectivity index (χ0) is 15.0. The van der Waals surface area contributed by atoms with E-state index in [0.717, 1.165) is 22.3 Å². The molecule has 0 aromatic carbocycles. The fourth-order valence-electron chi connectivity index (χ4n) is 2.18. The number of hydrogen-bond donors (Lipinski definition) is 0. The lowest BCUT2D eigenvalue weighted by molar-refractivity contribution is -0.385. The highest BCUT2D eigenvalue weighted by Gasteiger charge is 2.29. The maximum atomic E-state index is 11.3. The molecule has 0 bridgehead atoms. The SMILES string of the molecule is CCCn1nc(C)c([N+](=O)[O-])c1-n1nc(C)c(Br)c1C. The Morgan fingerprint density at radius 1 is 1.25 bits per heavy atom. The largest absolute Gasteiger partial charge is 0.336 e. The summed E-state index contributed by atoms with van der Waals surface area (Å²) in [5, 5.41) is 20.0. The van der Waals surface area contributed by atoms with Gasteiger partial charge < -0.3 is 0 Å². The quantitative estimate of drug-likeness (QED) is 0.632. The molecule has 20 heavy (non-hydrogen) atoms. The molecule has 108 valence electrons. The van der Waals surface area contributed by atoms with E-state index in [-0.39, 0.29) is 5.69 Å². The highest BCUT2D eigenvalue weighted by Crippen LogP contribution is 2.30. The van der Waals surface area contributed by atoms with E-state index in [2.05, 4.69) is 26.1 Å². The number of halogens is 1. The molecule has 0 aliphatic heterocycles. The molecule has 0 radical (unpaired) electrons. The first-order valence-corrected chi connectivity index (χ1v) is 7.11. The Bertz CT molecular complexity index is 674. The van der Waals surface area contributed by atoms with Gasteiger partial charge in [0.15, 0.2) is 0 Å². The molecule has 0 aliphatic carbocycles. The summed E-state index contributed by atoms with van der Waals surface area (Å²) in [4.78, 5) is 10.9. The summed E-state index contributed by atoms with van der Waals surface area (Å²) in [5.74, 6) is 0.417. The van der Waals surface area contributed by atoms with E-state index in [1.165, 1.54) is 0 Å². The molecular formula is C12H16BrN5O2. The van der Waals surface area contributed by atoms with E-state index in [0.29, 0.717) is 18.1 Å². The second-order valence-electron chi connectivity index (χ2n) is 4.63. The molecule has 2 aromatic heterocycles. The first-order valence-electron chi connectivity index (χ1n) is 6.32. The van der Waals surface area contributed by atoms with E-state index in [9.17, 15) is 10.1 Å². The molecule has 0 fully saturated rings. The molecule has 0 saturated heterocycles. The summed E-state index contributed by atoms with van der Waals surface area (Å²) in [6.07, 6.45) is 0.839. The van der Waals surface area contributed by atoms with Crippen molar-refractivity contribution in [2.24, 2.45) is 0 Å². The van der Waals surface area contributed by atoms with Crippen molar-refractivity contribution in [1.82, 2.24) is 19.6 Å². The second-order valence-corrected chi connectivity index (χ2v) is 5.43. The van der Waals surface area contributed by atoms with Crippen molar-refractivity contribution in [3.05, 3.63) is 31.7 Å². The Labute approximate surface area is 124 Å². The number of aromatic nitrogens is 4. The van der Waals surface area contributed by atoms with Crippen molar-refractivity contribution in [2.75, 3.05) is 0 Å². The fourth-order valence-corrected chi connectivity index (χ4v) is 2.43. The molecule has 7 nitrogen and oxygen atoms in total. The van der Waals surface area contributed by atoms with Crippen LogP contribution in [0.3, 0.4) is 0 Å². The van der Waals surface area contributed by atoms with Gasteiger partial charge in [0, 0.05) is 6.54 Å². The van der Waals surface area contributed by atoms with Gasteiger partial charge in [-0.25, -0.2) is 9.36 Å². The van der Waals surface area contributed by atoms with Gasteiger partial charge in [0.05, 0.1) is 20.8 Å². The molecule has 2 aromatic rings. The van der Waals surface area contributed by atoms with Crippen molar-refractivity contribution in [1.29, 1.82) is 0 Å². The summed E-state index contributed by atoms with van der Waals surface area (Å²) in [5.41, 5.74) is 2.03. The van der Waals surface area contributed by atoms with Crippen molar-refractivity contribution >= 4 is 21.6 Å². The van der Waals surface area contributed by atoms with Crippen LogP contribution in [-0.4, -0.2) is 24.5 Å². The lowest BCUT2D eigenvalue weighted by Gasteiger charge is -2.07. The maximum Gasteiger partial charge on any atom is 0.336 e. The molecule has 0 saturated carbocycles. The van der Waals surface area contributed by atoms with Crippen LogP contribution in [0.2, 0.25) is 0 Å². The monoisotopic (exact) mass is 341 g/mol. The van der Waals surface area contributed by atoms with E-state index in [4.69, 9.17) is 0 Å². The van der Waals surface area contributed by atoms with Crippen LogP contribution in [-0.2, 0) is 6.54 Å². The number of nitro groups is 1. The van der Waals surface area contributed by atoms with Gasteiger partial charge in [0.2, 0.25) is 5.82 Å². The standard InChI is InChI=1S/C12H16BrN5O2/c1-5-6-16-12(11(18(19)20)8(3)14-16)17-9(4)10(13)7(2)15-17/h5-6H2,1-4H3. The average molecular weight is 342 g/mol. The fraction of sp³-hybridized carbons (Fsp3) is 0.500. The third-order valence-electron chi connectivity index (χ3n) is 3.09. The van der Waals surface area contributed by atoms with Crippen LogP contribution >= 0.6 is 15.9 Å². The van der Waals surface area contributed by atoms with Gasteiger partial charge in [-0.15, -0.1) is 0 Å². The molecule has 0 spiro atoms. The number of hydrogen-bond acceptors (Lipinski definition) is 4. The van der Waals surface area contributed by atoms with Crippen LogP contribution in [0, 0.1) is 30.9 Å². The van der Waals surface area contributed by atoms with Crippen molar-refractivity contribution < 1.29 is 4.92 Å². The molecular weight excluding hydrogens is 326 g/mol. The third-order valence-corrected chi connectivity index (χ3v) is 4.24. The first-order chi connectivity index (χ1) is 9.38. The average Bonchev–Trinajstić information content (AvgIpc) is 2.82. The molecule has 0 unspecified atom stereocenters. The van der Waals surface area contributed by atoms with Gasteiger partial charge in [-0.2, -0.15) is 10.2 Å². The van der Waals surface area contributed by atoms with Crippen LogP contribution in [0.5, 0.6) is 0 Å². The highest BCUT2D eigenvalue weighted by atomic mass is 79.9. The van der Waals surface area contributed by atoms with Gasteiger partial charge in [-0.3, -0.25) is 10.1 Å². The van der Waals surface area contributed by atoms with Crippen LogP contribution in [0.15, 0.2) is 4.47 Å². The predicted octanol–water partition coefficient (Wildman–Crippen LogP) is 3.07. The van der Waals surface area contributed by atoms with Gasteiger partial charge >= 0.3 is 5.69 Å². The van der Waals surface area contributed by atoms with Crippen LogP contribution in [0.25, 0.3) is 5.82 Å². The Balaban J connectivity index is 2.76. The van der Waals surface area contributed by atoms with Crippen LogP contribution in [0.4, 0.5) is 5.69 Å². The topological polar surface area (TPSA) is 78.8 Å². The maximum absolute atomic E-state index is 11.3. The molecule has 8 heteroatoms. The summed E-state index contributed by atoms with van der Waals surface area (Å²) < 4.78 is 4.10. The second kappa shape index (κ2) is 5.35. The Morgan fingerprint density at radius 2 is 1.90 bits per heavy atom. The molecule has 0 N–H and O–H groups in total. The number of rotatable bonds is 4. The minimum absolute atomic E-state index is 0.0107. The van der Waals surface area contributed by atoms with E-state index in [1.807, 2.05) is 20.8 Å². The third kappa shape index (κ3) is 2.24. The number of aryl methyl sites for hydroxylation is 3. The van der Waals surface area contributed by atoms with Gasteiger partial charge in [-0.1, -0.05) is 6.92 Å². The highest BCUT2D eigenvalue weighted by molar-refractivity contribution is 9.10. The minimum atomic E-state index is -0.395. The van der Waals surface area contributed by atoms with Gasteiger partial charge in [0.25, 0.3) is 0 Å². The molecule has 0 atom stereocenters. The zero-order valence-corrected chi connectivity index (χ0v) is 13.4. The molecule has 0 aliphatic rings. The van der Waals surface area contributed by atoms with Crippen molar-refractivity contribution in [3.8, 4) is 5.82 Å². The van der Waals surface area contributed by atoms with E-state index >= 15 is 0 Å². The lowest BCUT2D eigenvalue weighted by atomic mass is 10.3. The van der Waals surface area contributed by atoms with Gasteiger partial charge in [0.1, 0.15) is 5.69 Å². The van der Waals surface area contributed by atoms with E-state index in [1.54, 1.807) is 16.3 Å². The Kier molecular flexibility index (Phi) is 3.94. The first kappa shape index (κ1) is 14.7. The zero-order valence-electron chi connectivity index (χ0n) is 11.8. The lowest BCUT2D eigenvalue weighted by Crippen LogP contribution is -2.11. The minimum Gasteiger partial charge on any atom is -0.258 e. The summed E-state index contributed by atoms with van der Waals surface area (Å²) in [6, 6.07) is 0. The van der Waals surface area contributed by atoms with E-state index < -0.39 is 4.92 Å². The smallest absolute Gasteiger partial charge is 0.258 e. The molecule has 0 amide bonds.